The molecule has 0 aliphatic rings. The molecule has 53 heavy (non-hydrogen) atoms. The van der Waals surface area contributed by atoms with Gasteiger partial charge in [-0.15, -0.1) is 0 Å². The maximum absolute atomic E-state index is 12.1. The number of hydrogen-bond donors (Lipinski definition) is 1. The Morgan fingerprint density at radius 2 is 1.19 bits per heavy atom. The monoisotopic (exact) mass is 690 g/mol. The topological polar surface area (TPSA) is 54.2 Å². The van der Waals surface area contributed by atoms with Crippen LogP contribution in [0.25, 0.3) is 55.9 Å². The number of para-hydroxylation sites is 3. The number of rotatable bonds is 7. The van der Waals surface area contributed by atoms with E-state index in [1.165, 1.54) is 11.1 Å². The van der Waals surface area contributed by atoms with Crippen molar-refractivity contribution in [3.05, 3.63) is 169 Å². The number of phenolic OH excluding ortho intramolecular Hbond substituents is 1. The third-order valence-electron chi connectivity index (χ3n) is 10.00. The predicted octanol–water partition coefficient (Wildman–Crippen LogP) is 12.4. The number of fused-ring (bicyclic) bond motifs is 1. The van der Waals surface area contributed by atoms with Crippen LogP contribution in [0.3, 0.4) is 0 Å². The molecule has 260 valence electrons. The fourth-order valence-electron chi connectivity index (χ4n) is 7.24. The first kappa shape index (κ1) is 33.7. The molecule has 5 nitrogen and oxygen atoms in total. The summed E-state index contributed by atoms with van der Waals surface area (Å²) < 4.78 is 2.09. The standard InChI is InChI=1S/C48H42N4O/c1-32-31-49-43(30-40(32)33-17-9-6-10-18-33)35-20-15-19-34(27-35)39-25-16-26-44-45(39)50-47(51(44)5)41-28-38(29-42(46(41)53)48(2,3)4)52(36-21-11-7-12-22-36)37-23-13-8-14-24-37/h6-31,53H,1-5H3. The van der Waals surface area contributed by atoms with E-state index in [4.69, 9.17) is 9.97 Å². The minimum Gasteiger partial charge on any atom is -0.507 e. The molecular formula is C48H42N4O. The molecule has 0 radical (unpaired) electrons. The zero-order chi connectivity index (χ0) is 36.7. The summed E-state index contributed by atoms with van der Waals surface area (Å²) >= 11 is 0. The summed E-state index contributed by atoms with van der Waals surface area (Å²) in [5.74, 6) is 0.936. The molecule has 0 aliphatic carbocycles. The minimum absolute atomic E-state index is 0.240. The second-order valence-corrected chi connectivity index (χ2v) is 14.6. The van der Waals surface area contributed by atoms with Crippen LogP contribution in [0.5, 0.6) is 5.75 Å². The average molecular weight is 691 g/mol. The van der Waals surface area contributed by atoms with Crippen LogP contribution in [0, 0.1) is 6.92 Å². The van der Waals surface area contributed by atoms with Gasteiger partial charge in [0.05, 0.1) is 22.3 Å². The lowest BCUT2D eigenvalue weighted by molar-refractivity contribution is 0.448. The molecule has 2 aromatic heterocycles. The Kier molecular flexibility index (Phi) is 8.63. The van der Waals surface area contributed by atoms with Gasteiger partial charge in [0, 0.05) is 47.0 Å². The van der Waals surface area contributed by atoms with E-state index in [0.717, 1.165) is 61.6 Å². The number of hydrogen-bond acceptors (Lipinski definition) is 4. The number of aromatic hydroxyl groups is 1. The maximum atomic E-state index is 12.1. The number of pyridine rings is 1. The van der Waals surface area contributed by atoms with Crippen molar-refractivity contribution in [3.8, 4) is 50.6 Å². The van der Waals surface area contributed by atoms with Crippen molar-refractivity contribution < 1.29 is 5.11 Å². The zero-order valence-corrected chi connectivity index (χ0v) is 30.7. The van der Waals surface area contributed by atoms with Gasteiger partial charge in [-0.3, -0.25) is 4.98 Å². The number of aromatic nitrogens is 3. The first-order valence-electron chi connectivity index (χ1n) is 18.0. The number of benzene rings is 6. The third-order valence-corrected chi connectivity index (χ3v) is 10.00. The Bertz CT molecular complexity index is 2530. The lowest BCUT2D eigenvalue weighted by Crippen LogP contribution is -2.15. The second-order valence-electron chi connectivity index (χ2n) is 14.6. The SMILES string of the molecule is Cc1cnc(-c2cccc(-c3cccc4c3nc(-c3cc(N(c5ccccc5)c5ccccc5)cc(C(C)(C)C)c3O)n4C)c2)cc1-c1ccccc1. The molecular weight excluding hydrogens is 649 g/mol. The van der Waals surface area contributed by atoms with Crippen LogP contribution in [0.4, 0.5) is 17.1 Å². The van der Waals surface area contributed by atoms with E-state index >= 15 is 0 Å². The van der Waals surface area contributed by atoms with Gasteiger partial charge in [-0.25, -0.2) is 4.98 Å². The molecule has 1 N–H and O–H groups in total. The summed E-state index contributed by atoms with van der Waals surface area (Å²) in [6.07, 6.45) is 1.96. The van der Waals surface area contributed by atoms with Gasteiger partial charge in [0.2, 0.25) is 0 Å². The molecule has 2 heterocycles. The first-order valence-corrected chi connectivity index (χ1v) is 18.0. The van der Waals surface area contributed by atoms with Gasteiger partial charge in [0.1, 0.15) is 11.6 Å². The number of phenols is 1. The van der Waals surface area contributed by atoms with E-state index in [9.17, 15) is 5.11 Å². The van der Waals surface area contributed by atoms with Crippen molar-refractivity contribution in [2.45, 2.75) is 33.1 Å². The third kappa shape index (κ3) is 6.36. The molecule has 0 saturated carbocycles. The highest BCUT2D eigenvalue weighted by Gasteiger charge is 2.27. The number of nitrogens with zero attached hydrogens (tertiary/aromatic N) is 4. The fraction of sp³-hybridized carbons (Fsp3) is 0.125. The van der Waals surface area contributed by atoms with Gasteiger partial charge in [0.25, 0.3) is 0 Å². The summed E-state index contributed by atoms with van der Waals surface area (Å²) in [6.45, 7) is 8.51. The van der Waals surface area contributed by atoms with Gasteiger partial charge in [-0.2, -0.15) is 0 Å². The Hall–Kier alpha value is -6.46. The van der Waals surface area contributed by atoms with Crippen LogP contribution >= 0.6 is 0 Å². The number of imidazole rings is 1. The summed E-state index contributed by atoms with van der Waals surface area (Å²) in [5, 5.41) is 12.1. The normalized spacial score (nSPS) is 11.6. The Balaban J connectivity index is 1.27. The quantitative estimate of drug-likeness (QED) is 0.181. The highest BCUT2D eigenvalue weighted by Crippen LogP contribution is 2.46. The summed E-state index contributed by atoms with van der Waals surface area (Å²) in [4.78, 5) is 12.4. The predicted molar refractivity (Wildman–Crippen MR) is 220 cm³/mol. The molecule has 0 fully saturated rings. The van der Waals surface area contributed by atoms with E-state index < -0.39 is 0 Å². The van der Waals surface area contributed by atoms with Gasteiger partial charge >= 0.3 is 0 Å². The zero-order valence-electron chi connectivity index (χ0n) is 30.7. The van der Waals surface area contributed by atoms with E-state index in [0.29, 0.717) is 11.4 Å². The van der Waals surface area contributed by atoms with E-state index in [1.807, 2.05) is 31.4 Å². The van der Waals surface area contributed by atoms with Crippen molar-refractivity contribution in [1.29, 1.82) is 0 Å². The Morgan fingerprint density at radius 3 is 1.85 bits per heavy atom. The van der Waals surface area contributed by atoms with Crippen LogP contribution in [0.1, 0.15) is 31.9 Å². The average Bonchev–Trinajstić information content (AvgIpc) is 3.52. The van der Waals surface area contributed by atoms with Gasteiger partial charge in [-0.05, 0) is 89.2 Å². The molecule has 5 heteroatoms. The van der Waals surface area contributed by atoms with Crippen molar-refractivity contribution in [2.24, 2.45) is 7.05 Å². The lowest BCUT2D eigenvalue weighted by Gasteiger charge is -2.29. The molecule has 6 aromatic carbocycles. The summed E-state index contributed by atoms with van der Waals surface area (Å²) in [6, 6.07) is 52.4. The van der Waals surface area contributed by atoms with Gasteiger partial charge < -0.3 is 14.6 Å². The number of anilines is 3. The first-order chi connectivity index (χ1) is 25.7. The highest BCUT2D eigenvalue weighted by molar-refractivity contribution is 5.96. The maximum Gasteiger partial charge on any atom is 0.144 e. The number of aryl methyl sites for hydroxylation is 2. The van der Waals surface area contributed by atoms with Gasteiger partial charge in [0.15, 0.2) is 0 Å². The van der Waals surface area contributed by atoms with E-state index in [2.05, 4.69) is 171 Å². The van der Waals surface area contributed by atoms with E-state index in [1.54, 1.807) is 0 Å². The largest absolute Gasteiger partial charge is 0.507 e. The molecule has 0 bridgehead atoms. The van der Waals surface area contributed by atoms with Crippen molar-refractivity contribution >= 4 is 28.1 Å². The molecule has 8 rings (SSSR count). The van der Waals surface area contributed by atoms with Crippen molar-refractivity contribution in [3.63, 3.8) is 0 Å². The van der Waals surface area contributed by atoms with Crippen molar-refractivity contribution in [1.82, 2.24) is 14.5 Å². The summed E-state index contributed by atoms with van der Waals surface area (Å²) in [5.41, 5.74) is 13.6. The van der Waals surface area contributed by atoms with Crippen LogP contribution in [0.15, 0.2) is 158 Å². The second kappa shape index (κ2) is 13.6. The Morgan fingerprint density at radius 1 is 0.585 bits per heavy atom. The molecule has 0 unspecified atom stereocenters. The van der Waals surface area contributed by atoms with Crippen LogP contribution in [-0.4, -0.2) is 19.6 Å². The molecule has 0 saturated heterocycles. The van der Waals surface area contributed by atoms with Crippen LogP contribution < -0.4 is 4.90 Å². The fourth-order valence-corrected chi connectivity index (χ4v) is 7.24. The smallest absolute Gasteiger partial charge is 0.144 e. The molecule has 8 aromatic rings. The summed E-state index contributed by atoms with van der Waals surface area (Å²) in [7, 11) is 2.03. The van der Waals surface area contributed by atoms with Crippen LogP contribution in [0.2, 0.25) is 0 Å². The van der Waals surface area contributed by atoms with Gasteiger partial charge in [-0.1, -0.05) is 118 Å². The van der Waals surface area contributed by atoms with Crippen LogP contribution in [-0.2, 0) is 12.5 Å². The molecule has 0 aliphatic heterocycles. The molecule has 0 atom stereocenters. The van der Waals surface area contributed by atoms with E-state index in [-0.39, 0.29) is 11.2 Å². The molecule has 0 spiro atoms. The van der Waals surface area contributed by atoms with Crippen molar-refractivity contribution in [2.75, 3.05) is 4.90 Å². The lowest BCUT2D eigenvalue weighted by atomic mass is 9.84. The minimum atomic E-state index is -0.339. The molecule has 0 amide bonds. The Labute approximate surface area is 311 Å². The highest BCUT2D eigenvalue weighted by atomic mass is 16.3.